The molecular formula is C12H22O3. The summed E-state index contributed by atoms with van der Waals surface area (Å²) in [6, 6.07) is 0. The molecule has 0 aromatic heterocycles. The molecule has 0 bridgehead atoms. The summed E-state index contributed by atoms with van der Waals surface area (Å²) in [6.45, 7) is 2.68. The summed E-state index contributed by atoms with van der Waals surface area (Å²) in [5.41, 5.74) is 0. The first-order valence-corrected chi connectivity index (χ1v) is 5.97. The maximum atomic E-state index is 11.6. The fourth-order valence-electron chi connectivity index (χ4n) is 1.97. The first-order chi connectivity index (χ1) is 7.27. The topological polar surface area (TPSA) is 35.5 Å². The van der Waals surface area contributed by atoms with Crippen molar-refractivity contribution >= 4 is 5.97 Å². The third-order valence-corrected chi connectivity index (χ3v) is 3.08. The number of hydrogen-bond donors (Lipinski definition) is 0. The number of esters is 1. The summed E-state index contributed by atoms with van der Waals surface area (Å²) in [5, 5.41) is 0. The monoisotopic (exact) mass is 214 g/mol. The lowest BCUT2D eigenvalue weighted by atomic mass is 9.87. The van der Waals surface area contributed by atoms with Crippen molar-refractivity contribution in [1.29, 1.82) is 0 Å². The van der Waals surface area contributed by atoms with Gasteiger partial charge in [-0.1, -0.05) is 13.3 Å². The van der Waals surface area contributed by atoms with E-state index in [4.69, 9.17) is 9.47 Å². The van der Waals surface area contributed by atoms with E-state index in [-0.39, 0.29) is 11.9 Å². The van der Waals surface area contributed by atoms with Crippen molar-refractivity contribution in [3.05, 3.63) is 0 Å². The van der Waals surface area contributed by atoms with E-state index < -0.39 is 0 Å². The minimum Gasteiger partial charge on any atom is -0.465 e. The summed E-state index contributed by atoms with van der Waals surface area (Å²) < 4.78 is 10.5. The molecule has 0 atom stereocenters. The first kappa shape index (κ1) is 12.5. The Bertz CT molecular complexity index is 183. The molecule has 0 heterocycles. The lowest BCUT2D eigenvalue weighted by molar-refractivity contribution is -0.150. The number of rotatable bonds is 5. The Morgan fingerprint density at radius 2 is 1.93 bits per heavy atom. The highest BCUT2D eigenvalue weighted by molar-refractivity contribution is 5.72. The van der Waals surface area contributed by atoms with Gasteiger partial charge in [-0.05, 0) is 32.1 Å². The lowest BCUT2D eigenvalue weighted by Gasteiger charge is -2.26. The molecule has 1 saturated carbocycles. The van der Waals surface area contributed by atoms with Crippen molar-refractivity contribution < 1.29 is 14.3 Å². The summed E-state index contributed by atoms with van der Waals surface area (Å²) in [7, 11) is 1.74. The number of hydrogen-bond acceptors (Lipinski definition) is 3. The Hall–Kier alpha value is -0.570. The molecule has 0 aromatic carbocycles. The van der Waals surface area contributed by atoms with E-state index in [1.54, 1.807) is 7.11 Å². The molecule has 0 aromatic rings. The highest BCUT2D eigenvalue weighted by atomic mass is 16.5. The molecular weight excluding hydrogens is 192 g/mol. The third-order valence-electron chi connectivity index (χ3n) is 3.08. The average molecular weight is 214 g/mol. The highest BCUT2D eigenvalue weighted by Crippen LogP contribution is 2.26. The van der Waals surface area contributed by atoms with E-state index in [0.29, 0.717) is 12.7 Å². The van der Waals surface area contributed by atoms with Crippen LogP contribution in [0, 0.1) is 5.92 Å². The Balaban J connectivity index is 2.18. The quantitative estimate of drug-likeness (QED) is 0.521. The molecule has 0 N–H and O–H groups in total. The molecule has 1 aliphatic carbocycles. The van der Waals surface area contributed by atoms with Crippen LogP contribution in [0.25, 0.3) is 0 Å². The van der Waals surface area contributed by atoms with E-state index >= 15 is 0 Å². The standard InChI is InChI=1S/C12H22O3/c1-3-4-9-15-12(13)10-5-7-11(14-2)8-6-10/h10-11H,3-9H2,1-2H3. The van der Waals surface area contributed by atoms with Crippen LogP contribution < -0.4 is 0 Å². The van der Waals surface area contributed by atoms with Gasteiger partial charge in [-0.15, -0.1) is 0 Å². The van der Waals surface area contributed by atoms with Crippen LogP contribution in [0.1, 0.15) is 45.4 Å². The molecule has 3 heteroatoms. The van der Waals surface area contributed by atoms with Gasteiger partial charge in [0.25, 0.3) is 0 Å². The van der Waals surface area contributed by atoms with Crippen LogP contribution in [0.4, 0.5) is 0 Å². The molecule has 0 amide bonds. The van der Waals surface area contributed by atoms with Crippen LogP contribution in [-0.2, 0) is 14.3 Å². The van der Waals surface area contributed by atoms with Gasteiger partial charge in [0.15, 0.2) is 0 Å². The molecule has 0 unspecified atom stereocenters. The first-order valence-electron chi connectivity index (χ1n) is 5.97. The zero-order chi connectivity index (χ0) is 11.1. The maximum Gasteiger partial charge on any atom is 0.308 e. The summed E-state index contributed by atoms with van der Waals surface area (Å²) in [4.78, 5) is 11.6. The molecule has 88 valence electrons. The number of carbonyl (C=O) groups excluding carboxylic acids is 1. The maximum absolute atomic E-state index is 11.6. The minimum absolute atomic E-state index is 0.00185. The fraction of sp³-hybridized carbons (Fsp3) is 0.917. The molecule has 1 aliphatic rings. The van der Waals surface area contributed by atoms with Gasteiger partial charge in [0, 0.05) is 7.11 Å². The Labute approximate surface area is 92.1 Å². The van der Waals surface area contributed by atoms with Gasteiger partial charge in [0.1, 0.15) is 0 Å². The van der Waals surface area contributed by atoms with Crippen molar-refractivity contribution in [1.82, 2.24) is 0 Å². The predicted molar refractivity (Wildman–Crippen MR) is 58.6 cm³/mol. The van der Waals surface area contributed by atoms with E-state index in [0.717, 1.165) is 38.5 Å². The highest BCUT2D eigenvalue weighted by Gasteiger charge is 2.26. The normalized spacial score (nSPS) is 26.3. The predicted octanol–water partition coefficient (Wildman–Crippen LogP) is 2.53. The fourth-order valence-corrected chi connectivity index (χ4v) is 1.97. The Kier molecular flexibility index (Phi) is 5.69. The molecule has 3 nitrogen and oxygen atoms in total. The van der Waals surface area contributed by atoms with Crippen molar-refractivity contribution in [3.8, 4) is 0 Å². The number of unbranched alkanes of at least 4 members (excludes halogenated alkanes) is 1. The molecule has 15 heavy (non-hydrogen) atoms. The van der Waals surface area contributed by atoms with Gasteiger partial charge in [-0.2, -0.15) is 0 Å². The van der Waals surface area contributed by atoms with Gasteiger partial charge < -0.3 is 9.47 Å². The van der Waals surface area contributed by atoms with E-state index in [1.165, 1.54) is 0 Å². The van der Waals surface area contributed by atoms with E-state index in [2.05, 4.69) is 6.92 Å². The Morgan fingerprint density at radius 1 is 1.27 bits per heavy atom. The van der Waals surface area contributed by atoms with Crippen molar-refractivity contribution in [2.24, 2.45) is 5.92 Å². The number of ether oxygens (including phenoxy) is 2. The number of carbonyl (C=O) groups is 1. The zero-order valence-electron chi connectivity index (χ0n) is 9.83. The van der Waals surface area contributed by atoms with Crippen LogP contribution >= 0.6 is 0 Å². The average Bonchev–Trinajstić information content (AvgIpc) is 2.29. The largest absolute Gasteiger partial charge is 0.465 e. The van der Waals surface area contributed by atoms with Gasteiger partial charge in [0.2, 0.25) is 0 Å². The summed E-state index contributed by atoms with van der Waals surface area (Å²) in [6.07, 6.45) is 6.22. The number of methoxy groups -OCH3 is 1. The second kappa shape index (κ2) is 6.83. The Morgan fingerprint density at radius 3 is 2.47 bits per heavy atom. The van der Waals surface area contributed by atoms with E-state index in [1.807, 2.05) is 0 Å². The minimum atomic E-state index is -0.00185. The van der Waals surface area contributed by atoms with Crippen LogP contribution in [0.5, 0.6) is 0 Å². The third kappa shape index (κ3) is 4.20. The van der Waals surface area contributed by atoms with Gasteiger partial charge >= 0.3 is 5.97 Å². The second-order valence-electron chi connectivity index (χ2n) is 4.23. The molecule has 0 spiro atoms. The SMILES string of the molecule is CCCCOC(=O)C1CCC(OC)CC1. The summed E-state index contributed by atoms with van der Waals surface area (Å²) >= 11 is 0. The van der Waals surface area contributed by atoms with Gasteiger partial charge in [0.05, 0.1) is 18.6 Å². The van der Waals surface area contributed by atoms with E-state index in [9.17, 15) is 4.79 Å². The molecule has 0 aliphatic heterocycles. The van der Waals surface area contributed by atoms with Crippen LogP contribution in [0.2, 0.25) is 0 Å². The molecule has 0 saturated heterocycles. The van der Waals surface area contributed by atoms with Crippen LogP contribution in [0.3, 0.4) is 0 Å². The smallest absolute Gasteiger partial charge is 0.308 e. The van der Waals surface area contributed by atoms with Gasteiger partial charge in [-0.25, -0.2) is 0 Å². The zero-order valence-corrected chi connectivity index (χ0v) is 9.83. The second-order valence-corrected chi connectivity index (χ2v) is 4.23. The molecule has 1 fully saturated rings. The van der Waals surface area contributed by atoms with Crippen LogP contribution in [0.15, 0.2) is 0 Å². The van der Waals surface area contributed by atoms with Crippen molar-refractivity contribution in [2.75, 3.05) is 13.7 Å². The lowest BCUT2D eigenvalue weighted by Crippen LogP contribution is -2.27. The van der Waals surface area contributed by atoms with Crippen LogP contribution in [-0.4, -0.2) is 25.8 Å². The van der Waals surface area contributed by atoms with Gasteiger partial charge in [-0.3, -0.25) is 4.79 Å². The van der Waals surface area contributed by atoms with Crippen molar-refractivity contribution in [3.63, 3.8) is 0 Å². The summed E-state index contributed by atoms with van der Waals surface area (Å²) in [5.74, 6) is 0.117. The van der Waals surface area contributed by atoms with Crippen molar-refractivity contribution in [2.45, 2.75) is 51.6 Å². The molecule has 0 radical (unpaired) electrons. The molecule has 1 rings (SSSR count).